The van der Waals surface area contributed by atoms with Crippen molar-refractivity contribution in [2.45, 2.75) is 32.7 Å². The molecule has 0 spiro atoms. The fraction of sp³-hybridized carbons (Fsp3) is 0.467. The van der Waals surface area contributed by atoms with Crippen molar-refractivity contribution < 1.29 is 19.4 Å². The lowest BCUT2D eigenvalue weighted by molar-refractivity contribution is -0.137. The van der Waals surface area contributed by atoms with Crippen LogP contribution in [-0.2, 0) is 4.79 Å². The van der Waals surface area contributed by atoms with Gasteiger partial charge in [-0.1, -0.05) is 6.92 Å². The van der Waals surface area contributed by atoms with Crippen molar-refractivity contribution in [1.29, 1.82) is 0 Å². The Morgan fingerprint density at radius 1 is 1.25 bits per heavy atom. The summed E-state index contributed by atoms with van der Waals surface area (Å²) in [6.45, 7) is 4.98. The molecule has 0 saturated carbocycles. The molecule has 0 saturated heterocycles. The third-order valence-corrected chi connectivity index (χ3v) is 2.86. The van der Waals surface area contributed by atoms with E-state index in [9.17, 15) is 9.59 Å². The molecule has 0 aromatic heterocycles. The second-order valence-electron chi connectivity index (χ2n) is 4.36. The third-order valence-electron chi connectivity index (χ3n) is 2.86. The molecule has 0 aliphatic rings. The number of benzene rings is 1. The van der Waals surface area contributed by atoms with Gasteiger partial charge in [-0.2, -0.15) is 0 Å². The number of Topliss-reactive ketones (excluding diaryl/α,β-unsaturated/α-hetero) is 1. The highest BCUT2D eigenvalue weighted by Crippen LogP contribution is 2.15. The highest BCUT2D eigenvalue weighted by molar-refractivity contribution is 6.00. The molecule has 20 heavy (non-hydrogen) atoms. The van der Waals surface area contributed by atoms with E-state index in [0.29, 0.717) is 18.7 Å². The van der Waals surface area contributed by atoms with Crippen LogP contribution in [0.1, 0.15) is 37.0 Å². The Kier molecular flexibility index (Phi) is 6.73. The first-order chi connectivity index (χ1) is 9.58. The molecule has 0 aliphatic carbocycles. The van der Waals surface area contributed by atoms with Crippen LogP contribution in [-0.4, -0.2) is 36.1 Å². The average Bonchev–Trinajstić information content (AvgIpc) is 2.44. The number of ether oxygens (including phenoxy) is 1. The first-order valence-corrected chi connectivity index (χ1v) is 6.80. The monoisotopic (exact) mass is 279 g/mol. The number of nitrogens with one attached hydrogen (secondary N) is 1. The minimum Gasteiger partial charge on any atom is -0.494 e. The van der Waals surface area contributed by atoms with Crippen LogP contribution in [0.15, 0.2) is 24.3 Å². The summed E-state index contributed by atoms with van der Waals surface area (Å²) >= 11 is 0. The van der Waals surface area contributed by atoms with Crippen LogP contribution in [0.3, 0.4) is 0 Å². The summed E-state index contributed by atoms with van der Waals surface area (Å²) in [6.07, 6.45) is 0.260. The Morgan fingerprint density at radius 3 is 2.40 bits per heavy atom. The molecule has 2 N–H and O–H groups in total. The van der Waals surface area contributed by atoms with Crippen LogP contribution in [0.5, 0.6) is 5.75 Å². The summed E-state index contributed by atoms with van der Waals surface area (Å²) in [5, 5.41) is 11.8. The van der Waals surface area contributed by atoms with Crippen LogP contribution < -0.4 is 10.1 Å². The highest BCUT2D eigenvalue weighted by Gasteiger charge is 2.19. The number of carboxylic acid groups (broad SMARTS) is 1. The standard InChI is InChI=1S/C15H21NO4/c1-3-16-13(9-10-14(17)18)15(19)11-5-7-12(8-6-11)20-4-2/h5-8,13,16H,3-4,9-10H2,1-2H3,(H,17,18). The van der Waals surface area contributed by atoms with E-state index in [1.165, 1.54) is 0 Å². The molecule has 1 aromatic rings. The molecule has 1 atom stereocenters. The Labute approximate surface area is 118 Å². The molecular formula is C15H21NO4. The van der Waals surface area contributed by atoms with Crippen molar-refractivity contribution in [1.82, 2.24) is 5.32 Å². The molecule has 5 nitrogen and oxygen atoms in total. The maximum Gasteiger partial charge on any atom is 0.303 e. The van der Waals surface area contributed by atoms with Crippen molar-refractivity contribution in [2.24, 2.45) is 0 Å². The average molecular weight is 279 g/mol. The largest absolute Gasteiger partial charge is 0.494 e. The zero-order chi connectivity index (χ0) is 15.0. The molecular weight excluding hydrogens is 258 g/mol. The van der Waals surface area contributed by atoms with E-state index in [1.807, 2.05) is 13.8 Å². The summed E-state index contributed by atoms with van der Waals surface area (Å²) in [6, 6.07) is 6.44. The van der Waals surface area contributed by atoms with Crippen LogP contribution >= 0.6 is 0 Å². The Hall–Kier alpha value is -1.88. The van der Waals surface area contributed by atoms with Crippen molar-refractivity contribution >= 4 is 11.8 Å². The predicted octanol–water partition coefficient (Wildman–Crippen LogP) is 2.11. The summed E-state index contributed by atoms with van der Waals surface area (Å²) in [4.78, 5) is 22.9. The summed E-state index contributed by atoms with van der Waals surface area (Å²) in [5.74, 6) is -0.266. The number of carbonyl (C=O) groups is 2. The van der Waals surface area contributed by atoms with Gasteiger partial charge in [-0.3, -0.25) is 9.59 Å². The SMILES string of the molecule is CCNC(CCC(=O)O)C(=O)c1ccc(OCC)cc1. The van der Waals surface area contributed by atoms with Gasteiger partial charge >= 0.3 is 5.97 Å². The molecule has 0 aliphatic heterocycles. The van der Waals surface area contributed by atoms with Gasteiger partial charge in [-0.05, 0) is 44.2 Å². The Balaban J connectivity index is 2.74. The summed E-state index contributed by atoms with van der Waals surface area (Å²) < 4.78 is 5.32. The van der Waals surface area contributed by atoms with E-state index in [1.54, 1.807) is 24.3 Å². The van der Waals surface area contributed by atoms with Crippen molar-refractivity contribution in [3.63, 3.8) is 0 Å². The van der Waals surface area contributed by atoms with Crippen LogP contribution in [0.4, 0.5) is 0 Å². The van der Waals surface area contributed by atoms with Crippen LogP contribution in [0.2, 0.25) is 0 Å². The number of aliphatic carboxylic acids is 1. The number of carboxylic acids is 1. The van der Waals surface area contributed by atoms with Gasteiger partial charge < -0.3 is 15.2 Å². The van der Waals surface area contributed by atoms with E-state index >= 15 is 0 Å². The van der Waals surface area contributed by atoms with Gasteiger partial charge in [0.05, 0.1) is 12.6 Å². The lowest BCUT2D eigenvalue weighted by atomic mass is 10.00. The first-order valence-electron chi connectivity index (χ1n) is 6.80. The first kappa shape index (κ1) is 16.2. The van der Waals surface area contributed by atoms with Crippen LogP contribution in [0, 0.1) is 0 Å². The second-order valence-corrected chi connectivity index (χ2v) is 4.36. The fourth-order valence-electron chi connectivity index (χ4n) is 1.92. The minimum absolute atomic E-state index is 0.0273. The van der Waals surface area contributed by atoms with Gasteiger partial charge in [0.2, 0.25) is 0 Å². The molecule has 1 rings (SSSR count). The van der Waals surface area contributed by atoms with Gasteiger partial charge in [0, 0.05) is 12.0 Å². The Bertz CT molecular complexity index is 442. The lowest BCUT2D eigenvalue weighted by Gasteiger charge is -2.16. The fourth-order valence-corrected chi connectivity index (χ4v) is 1.92. The second kappa shape index (κ2) is 8.32. The van der Waals surface area contributed by atoms with E-state index < -0.39 is 12.0 Å². The maximum absolute atomic E-state index is 12.3. The van der Waals surface area contributed by atoms with Gasteiger partial charge in [-0.25, -0.2) is 0 Å². The molecule has 1 aromatic carbocycles. The van der Waals surface area contributed by atoms with Crippen molar-refractivity contribution in [3.8, 4) is 5.75 Å². The van der Waals surface area contributed by atoms with Crippen molar-refractivity contribution in [2.75, 3.05) is 13.2 Å². The number of hydrogen-bond donors (Lipinski definition) is 2. The number of carbonyl (C=O) groups excluding carboxylic acids is 1. The smallest absolute Gasteiger partial charge is 0.303 e. The zero-order valence-electron chi connectivity index (χ0n) is 11.9. The van der Waals surface area contributed by atoms with Crippen LogP contribution in [0.25, 0.3) is 0 Å². The molecule has 110 valence electrons. The summed E-state index contributed by atoms with van der Waals surface area (Å²) in [5.41, 5.74) is 0.560. The molecule has 0 bridgehead atoms. The van der Waals surface area contributed by atoms with Gasteiger partial charge in [0.15, 0.2) is 5.78 Å². The van der Waals surface area contributed by atoms with E-state index in [0.717, 1.165) is 5.75 Å². The highest BCUT2D eigenvalue weighted by atomic mass is 16.5. The normalized spacial score (nSPS) is 11.9. The molecule has 5 heteroatoms. The number of ketones is 1. The van der Waals surface area contributed by atoms with Gasteiger partial charge in [0.1, 0.15) is 5.75 Å². The van der Waals surface area contributed by atoms with E-state index in [2.05, 4.69) is 5.32 Å². The van der Waals surface area contributed by atoms with E-state index in [4.69, 9.17) is 9.84 Å². The number of hydrogen-bond acceptors (Lipinski definition) is 4. The van der Waals surface area contributed by atoms with Gasteiger partial charge in [0.25, 0.3) is 0 Å². The number of rotatable bonds is 9. The lowest BCUT2D eigenvalue weighted by Crippen LogP contribution is -2.37. The van der Waals surface area contributed by atoms with Gasteiger partial charge in [-0.15, -0.1) is 0 Å². The molecule has 0 fully saturated rings. The van der Waals surface area contributed by atoms with E-state index in [-0.39, 0.29) is 18.6 Å². The maximum atomic E-state index is 12.3. The minimum atomic E-state index is -0.896. The molecule has 0 radical (unpaired) electrons. The predicted molar refractivity (Wildman–Crippen MR) is 76.3 cm³/mol. The third kappa shape index (κ3) is 5.01. The molecule has 0 heterocycles. The topological polar surface area (TPSA) is 75.6 Å². The molecule has 1 unspecified atom stereocenters. The Morgan fingerprint density at radius 2 is 1.90 bits per heavy atom. The summed E-state index contributed by atoms with van der Waals surface area (Å²) in [7, 11) is 0. The zero-order valence-corrected chi connectivity index (χ0v) is 11.9. The molecule has 0 amide bonds. The van der Waals surface area contributed by atoms with Crippen molar-refractivity contribution in [3.05, 3.63) is 29.8 Å². The quantitative estimate of drug-likeness (QED) is 0.677. The number of likely N-dealkylation sites (N-methyl/N-ethyl adjacent to an activating group) is 1.